The molecule has 0 saturated heterocycles. The van der Waals surface area contributed by atoms with Crippen molar-refractivity contribution in [3.8, 4) is 0 Å². The Morgan fingerprint density at radius 3 is 2.71 bits per heavy atom. The first-order chi connectivity index (χ1) is 7.99. The van der Waals surface area contributed by atoms with E-state index in [1.54, 1.807) is 0 Å². The summed E-state index contributed by atoms with van der Waals surface area (Å²) in [5.74, 6) is 0.417. The van der Waals surface area contributed by atoms with Gasteiger partial charge in [-0.05, 0) is 31.1 Å². The van der Waals surface area contributed by atoms with E-state index >= 15 is 0 Å². The van der Waals surface area contributed by atoms with E-state index in [9.17, 15) is 14.1 Å². The molecule has 0 aromatic rings. The molecule has 1 aliphatic carbocycles. The number of aliphatic hydroxyl groups is 1. The SMILES string of the molecule is N[C@H]1CC[S@@](=O)(CCC2(CO)CCC2)=NC1=O. The molecule has 98 valence electrons. The molecule has 0 spiro atoms. The molecule has 1 fully saturated rings. The molecule has 0 bridgehead atoms. The third-order valence-electron chi connectivity index (χ3n) is 4.02. The Labute approximate surface area is 102 Å². The van der Waals surface area contributed by atoms with E-state index in [1.807, 2.05) is 0 Å². The van der Waals surface area contributed by atoms with Crippen LogP contribution in [0, 0.1) is 5.41 Å². The van der Waals surface area contributed by atoms with Gasteiger partial charge in [-0.2, -0.15) is 4.36 Å². The summed E-state index contributed by atoms with van der Waals surface area (Å²) in [4.78, 5) is 11.4. The number of aliphatic hydroxyl groups excluding tert-OH is 1. The Kier molecular flexibility index (Phi) is 3.56. The standard InChI is InChI=1S/C11H20N2O3S/c12-9-2-6-17(16,13-10(9)15)7-5-11(8-14)3-1-4-11/h9,14H,1-8,12H2/t9-,17+/m0/s1. The van der Waals surface area contributed by atoms with Crippen LogP contribution in [0.4, 0.5) is 0 Å². The normalized spacial score (nSPS) is 36.1. The number of amides is 1. The van der Waals surface area contributed by atoms with Gasteiger partial charge in [-0.3, -0.25) is 4.79 Å². The number of hydrogen-bond acceptors (Lipinski definition) is 4. The van der Waals surface area contributed by atoms with Crippen LogP contribution in [-0.4, -0.2) is 39.4 Å². The Hall–Kier alpha value is -0.460. The topological polar surface area (TPSA) is 92.8 Å². The maximum atomic E-state index is 12.3. The molecule has 1 amide bonds. The Morgan fingerprint density at radius 1 is 1.53 bits per heavy atom. The van der Waals surface area contributed by atoms with Crippen LogP contribution >= 0.6 is 0 Å². The van der Waals surface area contributed by atoms with Gasteiger partial charge < -0.3 is 10.8 Å². The van der Waals surface area contributed by atoms with Crippen LogP contribution in [0.25, 0.3) is 0 Å². The molecule has 6 heteroatoms. The molecule has 5 nitrogen and oxygen atoms in total. The molecule has 17 heavy (non-hydrogen) atoms. The number of hydrogen-bond donors (Lipinski definition) is 2. The fourth-order valence-electron chi connectivity index (χ4n) is 2.40. The van der Waals surface area contributed by atoms with Crippen LogP contribution < -0.4 is 5.73 Å². The molecular formula is C11H20N2O3S. The lowest BCUT2D eigenvalue weighted by Gasteiger charge is -2.40. The molecule has 1 saturated carbocycles. The van der Waals surface area contributed by atoms with Crippen molar-refractivity contribution in [2.45, 2.75) is 38.1 Å². The Balaban J connectivity index is 2.01. The highest BCUT2D eigenvalue weighted by Gasteiger charge is 2.37. The van der Waals surface area contributed by atoms with Crippen LogP contribution in [0.15, 0.2) is 4.36 Å². The highest BCUT2D eigenvalue weighted by Crippen LogP contribution is 2.43. The van der Waals surface area contributed by atoms with E-state index in [1.165, 1.54) is 0 Å². The van der Waals surface area contributed by atoms with Crippen LogP contribution in [-0.2, 0) is 14.5 Å². The van der Waals surface area contributed by atoms with Gasteiger partial charge in [-0.1, -0.05) is 6.42 Å². The maximum Gasteiger partial charge on any atom is 0.270 e. The predicted octanol–water partition coefficient (Wildman–Crippen LogP) is 0.265. The molecule has 2 atom stereocenters. The highest BCUT2D eigenvalue weighted by molar-refractivity contribution is 7.93. The van der Waals surface area contributed by atoms with Gasteiger partial charge in [0.25, 0.3) is 5.91 Å². The number of carbonyl (C=O) groups is 1. The van der Waals surface area contributed by atoms with Crippen molar-refractivity contribution in [1.29, 1.82) is 0 Å². The second-order valence-electron chi connectivity index (χ2n) is 5.27. The van der Waals surface area contributed by atoms with Crippen LogP contribution in [0.2, 0.25) is 0 Å². The summed E-state index contributed by atoms with van der Waals surface area (Å²) in [5.41, 5.74) is 5.48. The third-order valence-corrected chi connectivity index (χ3v) is 6.25. The van der Waals surface area contributed by atoms with E-state index < -0.39 is 21.7 Å². The molecule has 2 rings (SSSR count). The largest absolute Gasteiger partial charge is 0.396 e. The zero-order chi connectivity index (χ0) is 12.5. The fourth-order valence-corrected chi connectivity index (χ4v) is 4.62. The average Bonchev–Trinajstić information content (AvgIpc) is 2.24. The van der Waals surface area contributed by atoms with E-state index in [2.05, 4.69) is 4.36 Å². The molecule has 0 aromatic heterocycles. The van der Waals surface area contributed by atoms with Gasteiger partial charge in [0.1, 0.15) is 0 Å². The van der Waals surface area contributed by atoms with Gasteiger partial charge in [0, 0.05) is 18.1 Å². The van der Waals surface area contributed by atoms with E-state index in [4.69, 9.17) is 5.73 Å². The van der Waals surface area contributed by atoms with Gasteiger partial charge >= 0.3 is 0 Å². The van der Waals surface area contributed by atoms with E-state index in [0.29, 0.717) is 24.3 Å². The van der Waals surface area contributed by atoms with Gasteiger partial charge in [0.15, 0.2) is 0 Å². The minimum atomic E-state index is -2.41. The Morgan fingerprint density at radius 2 is 2.24 bits per heavy atom. The average molecular weight is 260 g/mol. The second-order valence-corrected chi connectivity index (χ2v) is 7.81. The van der Waals surface area contributed by atoms with Crippen molar-refractivity contribution in [3.63, 3.8) is 0 Å². The van der Waals surface area contributed by atoms with Crippen molar-refractivity contribution in [2.24, 2.45) is 15.5 Å². The van der Waals surface area contributed by atoms with E-state index in [0.717, 1.165) is 19.3 Å². The maximum absolute atomic E-state index is 12.3. The molecule has 0 radical (unpaired) electrons. The summed E-state index contributed by atoms with van der Waals surface area (Å²) in [6, 6.07) is -0.569. The molecule has 0 unspecified atom stereocenters. The summed E-state index contributed by atoms with van der Waals surface area (Å²) >= 11 is 0. The summed E-state index contributed by atoms with van der Waals surface area (Å²) in [7, 11) is -2.41. The third kappa shape index (κ3) is 2.69. The second kappa shape index (κ2) is 4.66. The minimum Gasteiger partial charge on any atom is -0.396 e. The molecule has 0 aromatic carbocycles. The smallest absolute Gasteiger partial charge is 0.270 e. The van der Waals surface area contributed by atoms with E-state index in [-0.39, 0.29) is 12.0 Å². The fraction of sp³-hybridized carbons (Fsp3) is 0.909. The summed E-state index contributed by atoms with van der Waals surface area (Å²) in [6.45, 7) is 0.149. The molecule has 1 heterocycles. The molecule has 3 N–H and O–H groups in total. The number of nitrogens with two attached hydrogens (primary N) is 1. The van der Waals surface area contributed by atoms with Gasteiger partial charge in [0.05, 0.1) is 15.8 Å². The van der Waals surface area contributed by atoms with Crippen molar-refractivity contribution >= 4 is 15.6 Å². The van der Waals surface area contributed by atoms with Crippen LogP contribution in [0.5, 0.6) is 0 Å². The first-order valence-corrected chi connectivity index (χ1v) is 7.97. The van der Waals surface area contributed by atoms with Gasteiger partial charge in [0.2, 0.25) is 0 Å². The van der Waals surface area contributed by atoms with Crippen LogP contribution in [0.1, 0.15) is 32.1 Å². The Bertz CT molecular complexity index is 417. The number of nitrogens with zero attached hydrogens (tertiary/aromatic N) is 1. The summed E-state index contributed by atoms with van der Waals surface area (Å²) in [6.07, 6.45) is 4.28. The van der Waals surface area contributed by atoms with Crippen molar-refractivity contribution in [1.82, 2.24) is 0 Å². The quantitative estimate of drug-likeness (QED) is 0.758. The lowest BCUT2D eigenvalue weighted by molar-refractivity contribution is -0.119. The van der Waals surface area contributed by atoms with Crippen molar-refractivity contribution in [2.75, 3.05) is 18.1 Å². The zero-order valence-electron chi connectivity index (χ0n) is 9.93. The first kappa shape index (κ1) is 13.0. The minimum absolute atomic E-state index is 0.0530. The molecule has 2 aliphatic rings. The van der Waals surface area contributed by atoms with Crippen molar-refractivity contribution in [3.05, 3.63) is 0 Å². The lowest BCUT2D eigenvalue weighted by Crippen LogP contribution is -2.39. The zero-order valence-corrected chi connectivity index (χ0v) is 10.7. The highest BCUT2D eigenvalue weighted by atomic mass is 32.2. The summed E-state index contributed by atoms with van der Waals surface area (Å²) < 4.78 is 16.1. The number of rotatable bonds is 4. The summed E-state index contributed by atoms with van der Waals surface area (Å²) in [5, 5.41) is 9.33. The molecule has 1 aliphatic heterocycles. The van der Waals surface area contributed by atoms with Gasteiger partial charge in [-0.15, -0.1) is 0 Å². The monoisotopic (exact) mass is 260 g/mol. The lowest BCUT2D eigenvalue weighted by atomic mass is 9.68. The predicted molar refractivity (Wildman–Crippen MR) is 65.9 cm³/mol. The van der Waals surface area contributed by atoms with Gasteiger partial charge in [-0.25, -0.2) is 4.21 Å². The number of carbonyl (C=O) groups excluding carboxylic acids is 1. The molecular weight excluding hydrogens is 240 g/mol. The van der Waals surface area contributed by atoms with Crippen molar-refractivity contribution < 1.29 is 14.1 Å². The van der Waals surface area contributed by atoms with Crippen LogP contribution in [0.3, 0.4) is 0 Å². The first-order valence-electron chi connectivity index (χ1n) is 6.12.